The van der Waals surface area contributed by atoms with E-state index >= 15 is 0 Å². The Hall–Kier alpha value is -0.0300. The van der Waals surface area contributed by atoms with Crippen molar-refractivity contribution < 1.29 is 4.79 Å². The van der Waals surface area contributed by atoms with E-state index in [1.807, 2.05) is 0 Å². The molecule has 0 saturated carbocycles. The normalized spacial score (nSPS) is 13.5. The minimum atomic E-state index is -0.383. The number of rotatable bonds is 10. The van der Waals surface area contributed by atoms with Gasteiger partial charge in [0.15, 0.2) is 0 Å². The van der Waals surface area contributed by atoms with Crippen LogP contribution in [0, 0.1) is 11.8 Å². The van der Waals surface area contributed by atoms with E-state index < -0.39 is 0 Å². The monoisotopic (exact) mass is 357 g/mol. The summed E-state index contributed by atoms with van der Waals surface area (Å²) < 4.78 is 0. The Morgan fingerprint density at radius 2 is 1.45 bits per heavy atom. The molecule has 3 N–H and O–H groups in total. The van der Waals surface area contributed by atoms with Crippen molar-refractivity contribution in [2.45, 2.75) is 66.5 Å². The quantitative estimate of drug-likeness (QED) is 0.631. The summed E-state index contributed by atoms with van der Waals surface area (Å²) in [5.74, 6) is 1.06. The second-order valence-electron chi connectivity index (χ2n) is 6.49. The van der Waals surface area contributed by atoms with Crippen LogP contribution in [-0.2, 0) is 4.79 Å². The predicted octanol–water partition coefficient (Wildman–Crippen LogP) is 3.08. The maximum absolute atomic E-state index is 12.0. The molecule has 0 aromatic heterocycles. The molecule has 4 nitrogen and oxygen atoms in total. The lowest BCUT2D eigenvalue weighted by Gasteiger charge is -2.31. The van der Waals surface area contributed by atoms with Crippen molar-refractivity contribution in [3.8, 4) is 0 Å². The molecule has 0 bridgehead atoms. The highest BCUT2D eigenvalue weighted by Gasteiger charge is 2.20. The van der Waals surface area contributed by atoms with Gasteiger partial charge < -0.3 is 11.1 Å². The van der Waals surface area contributed by atoms with E-state index in [-0.39, 0.29) is 36.8 Å². The lowest BCUT2D eigenvalue weighted by atomic mass is 10.0. The van der Waals surface area contributed by atoms with E-state index in [1.165, 1.54) is 0 Å². The zero-order chi connectivity index (χ0) is 15.7. The first-order chi connectivity index (χ1) is 9.31. The van der Waals surface area contributed by atoms with E-state index in [4.69, 9.17) is 5.73 Å². The van der Waals surface area contributed by atoms with Crippen molar-refractivity contribution in [2.75, 3.05) is 19.6 Å². The van der Waals surface area contributed by atoms with Crippen LogP contribution >= 0.6 is 24.8 Å². The van der Waals surface area contributed by atoms with Crippen molar-refractivity contribution in [1.29, 1.82) is 0 Å². The Balaban J connectivity index is -0.00000180. The van der Waals surface area contributed by atoms with E-state index in [0.717, 1.165) is 25.9 Å². The number of halogens is 2. The van der Waals surface area contributed by atoms with Crippen molar-refractivity contribution in [3.05, 3.63) is 0 Å². The van der Waals surface area contributed by atoms with Crippen LogP contribution in [0.5, 0.6) is 0 Å². The van der Waals surface area contributed by atoms with E-state index in [9.17, 15) is 4.79 Å². The van der Waals surface area contributed by atoms with Gasteiger partial charge in [0, 0.05) is 12.6 Å². The summed E-state index contributed by atoms with van der Waals surface area (Å²) in [6.45, 7) is 15.7. The van der Waals surface area contributed by atoms with Crippen molar-refractivity contribution >= 4 is 30.7 Å². The molecule has 0 fully saturated rings. The fraction of sp³-hybridized carbons (Fsp3) is 0.938. The molecule has 1 amide bonds. The van der Waals surface area contributed by atoms with Gasteiger partial charge in [0.05, 0.1) is 6.04 Å². The number of carbonyl (C=O) groups is 1. The number of nitrogens with two attached hydrogens (primary N) is 1. The van der Waals surface area contributed by atoms with Gasteiger partial charge in [-0.25, -0.2) is 0 Å². The summed E-state index contributed by atoms with van der Waals surface area (Å²) in [6, 6.07) is 0.0200. The Morgan fingerprint density at radius 3 is 1.82 bits per heavy atom. The first-order valence-electron chi connectivity index (χ1n) is 8.09. The zero-order valence-electron chi connectivity index (χ0n) is 15.1. The highest BCUT2D eigenvalue weighted by molar-refractivity contribution is 5.85. The maximum Gasteiger partial charge on any atom is 0.236 e. The van der Waals surface area contributed by atoms with E-state index in [1.54, 1.807) is 0 Å². The second kappa shape index (κ2) is 14.6. The first-order valence-corrected chi connectivity index (χ1v) is 8.09. The zero-order valence-corrected chi connectivity index (χ0v) is 16.7. The van der Waals surface area contributed by atoms with Gasteiger partial charge in [-0.05, 0) is 37.8 Å². The molecule has 0 aliphatic rings. The topological polar surface area (TPSA) is 58.4 Å². The summed E-state index contributed by atoms with van der Waals surface area (Å²) >= 11 is 0. The van der Waals surface area contributed by atoms with Gasteiger partial charge in [-0.3, -0.25) is 9.69 Å². The number of hydrogen-bond acceptors (Lipinski definition) is 3. The standard InChI is InChI=1S/C16H35N3O.2ClH/c1-7-19(8-2)14(9-12(3)4)11-18-16(20)15(17)10-13(5)6;;/h12-15H,7-11,17H2,1-6H3,(H,18,20);2*1H/t14?,15-;;/m0../s1. The van der Waals surface area contributed by atoms with Crippen molar-refractivity contribution in [1.82, 2.24) is 10.2 Å². The van der Waals surface area contributed by atoms with Crippen LogP contribution in [0.4, 0.5) is 0 Å². The molecule has 0 saturated heterocycles. The summed E-state index contributed by atoms with van der Waals surface area (Å²) in [7, 11) is 0. The Kier molecular flexibility index (Phi) is 17.8. The average molecular weight is 358 g/mol. The molecule has 0 radical (unpaired) electrons. The minimum Gasteiger partial charge on any atom is -0.353 e. The average Bonchev–Trinajstić information content (AvgIpc) is 2.35. The molecule has 0 rings (SSSR count). The summed E-state index contributed by atoms with van der Waals surface area (Å²) in [6.07, 6.45) is 1.84. The van der Waals surface area contributed by atoms with Crippen LogP contribution in [0.2, 0.25) is 0 Å². The molecule has 0 aliphatic carbocycles. The number of nitrogens with one attached hydrogen (secondary N) is 1. The Labute approximate surface area is 149 Å². The van der Waals surface area contributed by atoms with Crippen molar-refractivity contribution in [3.63, 3.8) is 0 Å². The molecular weight excluding hydrogens is 321 g/mol. The fourth-order valence-electron chi connectivity index (χ4n) is 2.61. The van der Waals surface area contributed by atoms with Crippen LogP contribution in [0.15, 0.2) is 0 Å². The number of likely N-dealkylation sites (N-methyl/N-ethyl adjacent to an activating group) is 1. The molecule has 0 heterocycles. The van der Waals surface area contributed by atoms with Gasteiger partial charge in [0.25, 0.3) is 0 Å². The third-order valence-electron chi connectivity index (χ3n) is 3.65. The van der Waals surface area contributed by atoms with E-state index in [2.05, 4.69) is 51.8 Å². The molecule has 1 unspecified atom stereocenters. The molecule has 0 aromatic rings. The lowest BCUT2D eigenvalue weighted by molar-refractivity contribution is -0.123. The Morgan fingerprint density at radius 1 is 1.00 bits per heavy atom. The second-order valence-corrected chi connectivity index (χ2v) is 6.49. The molecule has 2 atom stereocenters. The third-order valence-corrected chi connectivity index (χ3v) is 3.65. The maximum atomic E-state index is 12.0. The molecule has 0 aliphatic heterocycles. The largest absolute Gasteiger partial charge is 0.353 e. The number of hydrogen-bond donors (Lipinski definition) is 2. The van der Waals surface area contributed by atoms with Gasteiger partial charge in [0.1, 0.15) is 0 Å². The minimum absolute atomic E-state index is 0. The van der Waals surface area contributed by atoms with Crippen LogP contribution < -0.4 is 11.1 Å². The van der Waals surface area contributed by atoms with Crippen molar-refractivity contribution in [2.24, 2.45) is 17.6 Å². The fourth-order valence-corrected chi connectivity index (χ4v) is 2.61. The van der Waals surface area contributed by atoms with Crippen LogP contribution in [0.25, 0.3) is 0 Å². The van der Waals surface area contributed by atoms with Crippen LogP contribution in [0.3, 0.4) is 0 Å². The predicted molar refractivity (Wildman–Crippen MR) is 101 cm³/mol. The summed E-state index contributed by atoms with van der Waals surface area (Å²) in [5, 5.41) is 3.04. The summed E-state index contributed by atoms with van der Waals surface area (Å²) in [4.78, 5) is 14.4. The number of nitrogens with zero attached hydrogens (tertiary/aromatic N) is 1. The number of carbonyl (C=O) groups excluding carboxylic acids is 1. The van der Waals surface area contributed by atoms with Gasteiger partial charge in [0.2, 0.25) is 5.91 Å². The van der Waals surface area contributed by atoms with Gasteiger partial charge in [-0.1, -0.05) is 41.5 Å². The Bertz CT molecular complexity index is 272. The highest BCUT2D eigenvalue weighted by Crippen LogP contribution is 2.11. The summed E-state index contributed by atoms with van der Waals surface area (Å²) in [5.41, 5.74) is 5.92. The highest BCUT2D eigenvalue weighted by atomic mass is 35.5. The molecule has 136 valence electrons. The van der Waals surface area contributed by atoms with E-state index in [0.29, 0.717) is 24.4 Å². The lowest BCUT2D eigenvalue weighted by Crippen LogP contribution is -2.48. The number of amides is 1. The molecule has 22 heavy (non-hydrogen) atoms. The molecule has 0 spiro atoms. The molecular formula is C16H37Cl2N3O. The van der Waals surface area contributed by atoms with Gasteiger partial charge in [-0.15, -0.1) is 24.8 Å². The van der Waals surface area contributed by atoms with Gasteiger partial charge in [-0.2, -0.15) is 0 Å². The molecule has 0 aromatic carbocycles. The SMILES string of the molecule is CCN(CC)C(CNC(=O)[C@@H](N)CC(C)C)CC(C)C.Cl.Cl. The van der Waals surface area contributed by atoms with Gasteiger partial charge >= 0.3 is 0 Å². The van der Waals surface area contributed by atoms with Crippen LogP contribution in [0.1, 0.15) is 54.4 Å². The smallest absolute Gasteiger partial charge is 0.236 e. The molecule has 6 heteroatoms. The third kappa shape index (κ3) is 11.5. The first kappa shape index (κ1) is 26.8. The van der Waals surface area contributed by atoms with Crippen LogP contribution in [-0.4, -0.2) is 42.5 Å².